The summed E-state index contributed by atoms with van der Waals surface area (Å²) in [5, 5.41) is 3.33. The molecular formula is C14H20FNO. The third kappa shape index (κ3) is 2.97. The molecule has 0 amide bonds. The van der Waals surface area contributed by atoms with E-state index in [1.807, 2.05) is 13.0 Å². The van der Waals surface area contributed by atoms with Crippen molar-refractivity contribution < 1.29 is 9.13 Å². The van der Waals surface area contributed by atoms with Crippen molar-refractivity contribution in [3.05, 3.63) is 29.1 Å². The molecule has 1 aliphatic rings. The molecule has 1 N–H and O–H groups in total. The van der Waals surface area contributed by atoms with Gasteiger partial charge in [0.2, 0.25) is 0 Å². The zero-order valence-corrected chi connectivity index (χ0v) is 10.6. The van der Waals surface area contributed by atoms with E-state index in [1.165, 1.54) is 0 Å². The van der Waals surface area contributed by atoms with E-state index in [-0.39, 0.29) is 5.82 Å². The van der Waals surface area contributed by atoms with Gasteiger partial charge >= 0.3 is 0 Å². The van der Waals surface area contributed by atoms with Gasteiger partial charge in [-0.1, -0.05) is 0 Å². The van der Waals surface area contributed by atoms with Gasteiger partial charge in [0, 0.05) is 0 Å². The van der Waals surface area contributed by atoms with Crippen molar-refractivity contribution >= 4 is 0 Å². The number of piperidine rings is 1. The van der Waals surface area contributed by atoms with Crippen LogP contribution in [0.2, 0.25) is 0 Å². The molecule has 1 aromatic carbocycles. The summed E-state index contributed by atoms with van der Waals surface area (Å²) in [5.41, 5.74) is 1.65. The Balaban J connectivity index is 2.13. The first-order valence-corrected chi connectivity index (χ1v) is 6.24. The standard InChI is InChI=1S/C14H20FNO/c1-10-7-13(15)12(9-14(10)17-2)8-11-3-5-16-6-4-11/h7,9,11,16H,3-6,8H2,1-2H3. The molecule has 17 heavy (non-hydrogen) atoms. The van der Waals surface area contributed by atoms with Crippen molar-refractivity contribution in [2.45, 2.75) is 26.2 Å². The van der Waals surface area contributed by atoms with Crippen LogP contribution in [0.15, 0.2) is 12.1 Å². The van der Waals surface area contributed by atoms with Crippen molar-refractivity contribution in [1.29, 1.82) is 0 Å². The molecule has 0 radical (unpaired) electrons. The number of methoxy groups -OCH3 is 1. The summed E-state index contributed by atoms with van der Waals surface area (Å²) in [6.07, 6.45) is 3.09. The summed E-state index contributed by atoms with van der Waals surface area (Å²) in [6.45, 7) is 3.97. The van der Waals surface area contributed by atoms with Gasteiger partial charge in [0.1, 0.15) is 11.6 Å². The Kier molecular flexibility index (Phi) is 4.00. The smallest absolute Gasteiger partial charge is 0.126 e. The third-order valence-corrected chi connectivity index (χ3v) is 3.53. The van der Waals surface area contributed by atoms with Crippen molar-refractivity contribution in [3.8, 4) is 5.75 Å². The monoisotopic (exact) mass is 237 g/mol. The minimum absolute atomic E-state index is 0.0955. The summed E-state index contributed by atoms with van der Waals surface area (Å²) < 4.78 is 19.1. The Labute approximate surface area is 102 Å². The first-order valence-electron chi connectivity index (χ1n) is 6.24. The molecule has 3 heteroatoms. The predicted molar refractivity (Wildman–Crippen MR) is 67.0 cm³/mol. The van der Waals surface area contributed by atoms with Gasteiger partial charge in [0.15, 0.2) is 0 Å². The van der Waals surface area contributed by atoms with Crippen LogP contribution >= 0.6 is 0 Å². The second-order valence-corrected chi connectivity index (χ2v) is 4.81. The molecule has 1 fully saturated rings. The van der Waals surface area contributed by atoms with Crippen molar-refractivity contribution in [2.75, 3.05) is 20.2 Å². The van der Waals surface area contributed by atoms with Gasteiger partial charge in [0.25, 0.3) is 0 Å². The number of nitrogens with one attached hydrogen (secondary N) is 1. The Morgan fingerprint density at radius 1 is 1.35 bits per heavy atom. The fraction of sp³-hybridized carbons (Fsp3) is 0.571. The van der Waals surface area contributed by atoms with Gasteiger partial charge in [-0.2, -0.15) is 0 Å². The van der Waals surface area contributed by atoms with Crippen LogP contribution in [0.1, 0.15) is 24.0 Å². The molecule has 1 aromatic rings. The first-order chi connectivity index (χ1) is 8.20. The topological polar surface area (TPSA) is 21.3 Å². The Morgan fingerprint density at radius 3 is 2.71 bits per heavy atom. The highest BCUT2D eigenvalue weighted by atomic mass is 19.1. The van der Waals surface area contributed by atoms with Gasteiger partial charge in [-0.3, -0.25) is 0 Å². The number of ether oxygens (including phenoxy) is 1. The van der Waals surface area contributed by atoms with E-state index in [1.54, 1.807) is 13.2 Å². The Hall–Kier alpha value is -1.09. The molecule has 1 aliphatic heterocycles. The minimum Gasteiger partial charge on any atom is -0.496 e. The van der Waals surface area contributed by atoms with E-state index < -0.39 is 0 Å². The summed E-state index contributed by atoms with van der Waals surface area (Å²) in [7, 11) is 1.63. The van der Waals surface area contributed by atoms with Crippen molar-refractivity contribution in [2.24, 2.45) is 5.92 Å². The average Bonchev–Trinajstić information content (AvgIpc) is 2.34. The lowest BCUT2D eigenvalue weighted by atomic mass is 9.90. The van der Waals surface area contributed by atoms with Crippen LogP contribution in [-0.2, 0) is 6.42 Å². The van der Waals surface area contributed by atoms with E-state index in [0.29, 0.717) is 5.92 Å². The van der Waals surface area contributed by atoms with Gasteiger partial charge in [-0.15, -0.1) is 0 Å². The first kappa shape index (κ1) is 12.4. The molecule has 1 saturated heterocycles. The SMILES string of the molecule is COc1cc(CC2CCNCC2)c(F)cc1C. The summed E-state index contributed by atoms with van der Waals surface area (Å²) >= 11 is 0. The highest BCUT2D eigenvalue weighted by Gasteiger charge is 2.16. The predicted octanol–water partition coefficient (Wildman–Crippen LogP) is 2.68. The Bertz CT molecular complexity index is 386. The second kappa shape index (κ2) is 5.50. The number of halogens is 1. The molecule has 0 atom stereocenters. The molecule has 1 heterocycles. The number of hydrogen-bond acceptors (Lipinski definition) is 2. The lowest BCUT2D eigenvalue weighted by molar-refractivity contribution is 0.366. The molecule has 2 nitrogen and oxygen atoms in total. The maximum Gasteiger partial charge on any atom is 0.126 e. The molecule has 94 valence electrons. The van der Waals surface area contributed by atoms with Crippen LogP contribution in [0.3, 0.4) is 0 Å². The van der Waals surface area contributed by atoms with E-state index in [4.69, 9.17) is 4.74 Å². The lowest BCUT2D eigenvalue weighted by Crippen LogP contribution is -2.28. The number of rotatable bonds is 3. The maximum atomic E-state index is 13.9. The van der Waals surface area contributed by atoms with E-state index in [9.17, 15) is 4.39 Å². The fourth-order valence-electron chi connectivity index (χ4n) is 2.47. The third-order valence-electron chi connectivity index (χ3n) is 3.53. The Morgan fingerprint density at radius 2 is 2.06 bits per heavy atom. The number of benzene rings is 1. The van der Waals surface area contributed by atoms with Crippen molar-refractivity contribution in [1.82, 2.24) is 5.32 Å². The lowest BCUT2D eigenvalue weighted by Gasteiger charge is -2.23. The van der Waals surface area contributed by atoms with Crippen LogP contribution in [0.4, 0.5) is 4.39 Å². The van der Waals surface area contributed by atoms with Crippen LogP contribution in [0.25, 0.3) is 0 Å². The maximum absolute atomic E-state index is 13.9. The van der Waals surface area contributed by atoms with Gasteiger partial charge in [-0.25, -0.2) is 4.39 Å². The number of aryl methyl sites for hydroxylation is 1. The van der Waals surface area contributed by atoms with E-state index in [0.717, 1.165) is 49.2 Å². The highest BCUT2D eigenvalue weighted by molar-refractivity contribution is 5.37. The molecule has 0 spiro atoms. The van der Waals surface area contributed by atoms with E-state index in [2.05, 4.69) is 5.32 Å². The second-order valence-electron chi connectivity index (χ2n) is 4.81. The molecular weight excluding hydrogens is 217 g/mol. The summed E-state index contributed by atoms with van der Waals surface area (Å²) in [6, 6.07) is 3.43. The molecule has 2 rings (SSSR count). The fourth-order valence-corrected chi connectivity index (χ4v) is 2.47. The minimum atomic E-state index is -0.0955. The van der Waals surface area contributed by atoms with Crippen LogP contribution in [0.5, 0.6) is 5.75 Å². The summed E-state index contributed by atoms with van der Waals surface area (Å²) in [4.78, 5) is 0. The zero-order valence-electron chi connectivity index (χ0n) is 10.6. The molecule has 0 aromatic heterocycles. The largest absolute Gasteiger partial charge is 0.496 e. The van der Waals surface area contributed by atoms with Gasteiger partial charge < -0.3 is 10.1 Å². The molecule has 0 bridgehead atoms. The number of hydrogen-bond donors (Lipinski definition) is 1. The quantitative estimate of drug-likeness (QED) is 0.872. The highest BCUT2D eigenvalue weighted by Crippen LogP contribution is 2.26. The molecule has 0 unspecified atom stereocenters. The molecule has 0 saturated carbocycles. The normalized spacial score (nSPS) is 17.1. The van der Waals surface area contributed by atoms with Crippen molar-refractivity contribution in [3.63, 3.8) is 0 Å². The van der Waals surface area contributed by atoms with Gasteiger partial charge in [0.05, 0.1) is 7.11 Å². The zero-order chi connectivity index (χ0) is 12.3. The van der Waals surface area contributed by atoms with Crippen LogP contribution in [-0.4, -0.2) is 20.2 Å². The van der Waals surface area contributed by atoms with Crippen LogP contribution in [0, 0.1) is 18.7 Å². The van der Waals surface area contributed by atoms with E-state index >= 15 is 0 Å². The average molecular weight is 237 g/mol. The molecule has 0 aliphatic carbocycles. The van der Waals surface area contributed by atoms with Gasteiger partial charge in [-0.05, 0) is 68.5 Å². The summed E-state index contributed by atoms with van der Waals surface area (Å²) in [5.74, 6) is 1.29. The van der Waals surface area contributed by atoms with Crippen LogP contribution < -0.4 is 10.1 Å².